The molecule has 2 aromatic rings. The van der Waals surface area contributed by atoms with Crippen molar-refractivity contribution in [3.63, 3.8) is 0 Å². The number of aliphatic carboxylic acids is 1. The Balaban J connectivity index is 1.29. The molecule has 0 aliphatic heterocycles. The van der Waals surface area contributed by atoms with Crippen molar-refractivity contribution in [2.45, 2.75) is 57.4 Å². The summed E-state index contributed by atoms with van der Waals surface area (Å²) in [5.41, 5.74) is 4.67. The molecule has 0 spiro atoms. The number of alkyl carbamates (subject to hydrolysis) is 1. The van der Waals surface area contributed by atoms with Gasteiger partial charge < -0.3 is 20.5 Å². The summed E-state index contributed by atoms with van der Waals surface area (Å²) in [6.45, 7) is 2.57. The van der Waals surface area contributed by atoms with Crippen molar-refractivity contribution in [2.75, 3.05) is 13.2 Å². The van der Waals surface area contributed by atoms with Crippen molar-refractivity contribution in [1.82, 2.24) is 10.6 Å². The summed E-state index contributed by atoms with van der Waals surface area (Å²) in [5.74, 6) is -1.57. The van der Waals surface area contributed by atoms with Crippen molar-refractivity contribution in [3.8, 4) is 11.1 Å². The summed E-state index contributed by atoms with van der Waals surface area (Å²) in [6.07, 6.45) is 3.93. The third-order valence-electron chi connectivity index (χ3n) is 7.31. The molecule has 0 saturated heterocycles. The molecule has 186 valence electrons. The Morgan fingerprint density at radius 3 is 2.31 bits per heavy atom. The summed E-state index contributed by atoms with van der Waals surface area (Å²) in [4.78, 5) is 36.8. The molecule has 0 heterocycles. The maximum absolute atomic E-state index is 12.8. The molecule has 2 amide bonds. The van der Waals surface area contributed by atoms with Gasteiger partial charge in [0.1, 0.15) is 12.6 Å². The van der Waals surface area contributed by atoms with E-state index in [0.29, 0.717) is 19.4 Å². The van der Waals surface area contributed by atoms with Gasteiger partial charge in [-0.2, -0.15) is 0 Å². The predicted octanol–water partition coefficient (Wildman–Crippen LogP) is 4.70. The highest BCUT2D eigenvalue weighted by Crippen LogP contribution is 2.44. The van der Waals surface area contributed by atoms with Gasteiger partial charge in [0.05, 0.1) is 0 Å². The van der Waals surface area contributed by atoms with E-state index in [1.54, 1.807) is 0 Å². The number of carbonyl (C=O) groups is 3. The third-order valence-corrected chi connectivity index (χ3v) is 7.31. The average Bonchev–Trinajstić information content (AvgIpc) is 3.46. The van der Waals surface area contributed by atoms with Crippen LogP contribution in [0.15, 0.2) is 48.5 Å². The van der Waals surface area contributed by atoms with Crippen molar-refractivity contribution >= 4 is 18.0 Å². The van der Waals surface area contributed by atoms with E-state index < -0.39 is 18.1 Å². The van der Waals surface area contributed by atoms with Gasteiger partial charge >= 0.3 is 12.1 Å². The minimum atomic E-state index is -1.00. The smallest absolute Gasteiger partial charge is 0.407 e. The highest BCUT2D eigenvalue weighted by Gasteiger charge is 2.35. The first kappa shape index (κ1) is 24.8. The van der Waals surface area contributed by atoms with Gasteiger partial charge in [-0.15, -0.1) is 0 Å². The Kier molecular flexibility index (Phi) is 8.06. The molecule has 2 aromatic carbocycles. The van der Waals surface area contributed by atoms with Crippen LogP contribution in [0.2, 0.25) is 0 Å². The normalized spacial score (nSPS) is 19.5. The van der Waals surface area contributed by atoms with E-state index in [2.05, 4.69) is 34.9 Å². The second-order valence-electron chi connectivity index (χ2n) is 9.55. The van der Waals surface area contributed by atoms with Crippen molar-refractivity contribution in [2.24, 2.45) is 11.8 Å². The Hall–Kier alpha value is -3.35. The van der Waals surface area contributed by atoms with Crippen LogP contribution in [0.4, 0.5) is 4.79 Å². The number of amides is 2. The van der Waals surface area contributed by atoms with Gasteiger partial charge in [0.2, 0.25) is 5.91 Å². The zero-order valence-electron chi connectivity index (χ0n) is 20.2. The highest BCUT2D eigenvalue weighted by atomic mass is 16.5. The lowest BCUT2D eigenvalue weighted by molar-refractivity contribution is -0.142. The maximum Gasteiger partial charge on any atom is 0.407 e. The lowest BCUT2D eigenvalue weighted by Gasteiger charge is -2.22. The SMILES string of the molecule is CCCC[C@H](NC(=O)[C@@H]1CCC[C@@H]1CNC(=O)OCC1c2ccccc2-c2ccccc21)C(=O)O. The quantitative estimate of drug-likeness (QED) is 0.459. The zero-order chi connectivity index (χ0) is 24.8. The molecular formula is C28H34N2O5. The summed E-state index contributed by atoms with van der Waals surface area (Å²) < 4.78 is 5.61. The molecule has 2 aliphatic rings. The van der Waals surface area contributed by atoms with E-state index in [-0.39, 0.29) is 30.3 Å². The average molecular weight is 479 g/mol. The highest BCUT2D eigenvalue weighted by molar-refractivity contribution is 5.85. The molecule has 4 rings (SSSR count). The first-order chi connectivity index (χ1) is 17.0. The van der Waals surface area contributed by atoms with E-state index in [1.807, 2.05) is 31.2 Å². The number of nitrogens with one attached hydrogen (secondary N) is 2. The summed E-state index contributed by atoms with van der Waals surface area (Å²) in [6, 6.07) is 15.5. The van der Waals surface area contributed by atoms with Crippen LogP contribution in [0.5, 0.6) is 0 Å². The minimum absolute atomic E-state index is 0.00534. The van der Waals surface area contributed by atoms with Crippen molar-refractivity contribution in [3.05, 3.63) is 59.7 Å². The van der Waals surface area contributed by atoms with Gasteiger partial charge in [0.25, 0.3) is 0 Å². The Morgan fingerprint density at radius 2 is 1.69 bits per heavy atom. The molecule has 35 heavy (non-hydrogen) atoms. The van der Waals surface area contributed by atoms with Crippen LogP contribution in [0.1, 0.15) is 62.5 Å². The van der Waals surface area contributed by atoms with Crippen LogP contribution in [-0.4, -0.2) is 42.3 Å². The van der Waals surface area contributed by atoms with Gasteiger partial charge in [-0.25, -0.2) is 9.59 Å². The molecule has 1 saturated carbocycles. The number of hydrogen-bond donors (Lipinski definition) is 3. The molecule has 0 aromatic heterocycles. The van der Waals surface area contributed by atoms with Gasteiger partial charge in [-0.1, -0.05) is 74.7 Å². The van der Waals surface area contributed by atoms with Gasteiger partial charge in [-0.3, -0.25) is 4.79 Å². The number of carboxylic acids is 1. The summed E-state index contributed by atoms with van der Waals surface area (Å²) >= 11 is 0. The Bertz CT molecular complexity index is 1020. The van der Waals surface area contributed by atoms with E-state index in [0.717, 1.165) is 36.8 Å². The van der Waals surface area contributed by atoms with Crippen molar-refractivity contribution < 1.29 is 24.2 Å². The number of carbonyl (C=O) groups excluding carboxylic acids is 2. The van der Waals surface area contributed by atoms with Crippen LogP contribution in [-0.2, 0) is 14.3 Å². The number of ether oxygens (including phenoxy) is 1. The number of rotatable bonds is 10. The van der Waals surface area contributed by atoms with Gasteiger partial charge in [0.15, 0.2) is 0 Å². The fourth-order valence-electron chi connectivity index (χ4n) is 5.43. The lowest BCUT2D eigenvalue weighted by Crippen LogP contribution is -2.45. The van der Waals surface area contributed by atoms with E-state index in [4.69, 9.17) is 4.74 Å². The summed E-state index contributed by atoms with van der Waals surface area (Å²) in [5, 5.41) is 15.0. The topological polar surface area (TPSA) is 105 Å². The molecular weight excluding hydrogens is 444 g/mol. The first-order valence-corrected chi connectivity index (χ1v) is 12.6. The Morgan fingerprint density at radius 1 is 1.03 bits per heavy atom. The largest absolute Gasteiger partial charge is 0.480 e. The molecule has 7 heteroatoms. The second kappa shape index (κ2) is 11.4. The number of carboxylic acid groups (broad SMARTS) is 1. The molecule has 7 nitrogen and oxygen atoms in total. The molecule has 3 atom stereocenters. The van der Waals surface area contributed by atoms with Crippen LogP contribution in [0, 0.1) is 11.8 Å². The Labute approximate surface area is 206 Å². The third kappa shape index (κ3) is 5.66. The second-order valence-corrected chi connectivity index (χ2v) is 9.55. The van der Waals surface area contributed by atoms with Crippen LogP contribution in [0.3, 0.4) is 0 Å². The monoisotopic (exact) mass is 478 g/mol. The number of fused-ring (bicyclic) bond motifs is 3. The minimum Gasteiger partial charge on any atom is -0.480 e. The number of hydrogen-bond acceptors (Lipinski definition) is 4. The first-order valence-electron chi connectivity index (χ1n) is 12.6. The van der Waals surface area contributed by atoms with E-state index >= 15 is 0 Å². The predicted molar refractivity (Wildman–Crippen MR) is 133 cm³/mol. The van der Waals surface area contributed by atoms with Crippen LogP contribution in [0.25, 0.3) is 11.1 Å². The number of unbranched alkanes of at least 4 members (excludes halogenated alkanes) is 1. The standard InChI is InChI=1S/C28H34N2O5/c1-2-3-15-25(27(32)33)30-26(31)19-14-8-9-18(19)16-29-28(34)35-17-24-22-12-6-4-10-20(22)21-11-5-7-13-23(21)24/h4-7,10-13,18-19,24-25H,2-3,8-9,14-17H2,1H3,(H,29,34)(H,30,31)(H,32,33)/t18-,19-,25+/m1/s1. The van der Waals surface area contributed by atoms with E-state index in [1.165, 1.54) is 11.1 Å². The van der Waals surface area contributed by atoms with Crippen LogP contribution >= 0.6 is 0 Å². The maximum atomic E-state index is 12.8. The fourth-order valence-corrected chi connectivity index (χ4v) is 5.43. The molecule has 2 aliphatic carbocycles. The lowest BCUT2D eigenvalue weighted by atomic mass is 9.94. The zero-order valence-corrected chi connectivity index (χ0v) is 20.2. The van der Waals surface area contributed by atoms with Gasteiger partial charge in [0, 0.05) is 18.4 Å². The molecule has 1 fully saturated rings. The van der Waals surface area contributed by atoms with Gasteiger partial charge in [-0.05, 0) is 47.4 Å². The molecule has 0 unspecified atom stereocenters. The number of benzene rings is 2. The molecule has 3 N–H and O–H groups in total. The van der Waals surface area contributed by atoms with E-state index in [9.17, 15) is 19.5 Å². The van der Waals surface area contributed by atoms with Crippen LogP contribution < -0.4 is 10.6 Å². The fraction of sp³-hybridized carbons (Fsp3) is 0.464. The van der Waals surface area contributed by atoms with Crippen molar-refractivity contribution in [1.29, 1.82) is 0 Å². The molecule has 0 radical (unpaired) electrons. The summed E-state index contributed by atoms with van der Waals surface area (Å²) in [7, 11) is 0. The molecule has 0 bridgehead atoms.